The van der Waals surface area contributed by atoms with Crippen molar-refractivity contribution in [1.82, 2.24) is 5.32 Å². The molecule has 2 aromatic carbocycles. The molecule has 0 aromatic heterocycles. The summed E-state index contributed by atoms with van der Waals surface area (Å²) in [4.78, 5) is 25.1. The van der Waals surface area contributed by atoms with Crippen LogP contribution in [-0.4, -0.2) is 32.6 Å². The first-order chi connectivity index (χ1) is 15.2. The van der Waals surface area contributed by atoms with Gasteiger partial charge in [-0.05, 0) is 48.7 Å². The van der Waals surface area contributed by atoms with Crippen molar-refractivity contribution in [2.75, 3.05) is 26.1 Å². The van der Waals surface area contributed by atoms with Crippen LogP contribution in [0.2, 0.25) is 0 Å². The van der Waals surface area contributed by atoms with E-state index in [4.69, 9.17) is 9.47 Å². The third-order valence-corrected chi connectivity index (χ3v) is 6.23. The predicted octanol–water partition coefficient (Wildman–Crippen LogP) is 4.93. The van der Waals surface area contributed by atoms with E-state index in [9.17, 15) is 9.59 Å². The van der Waals surface area contributed by atoms with Crippen LogP contribution in [0.3, 0.4) is 0 Å². The smallest absolute Gasteiger partial charge is 0.255 e. The lowest BCUT2D eigenvalue weighted by Gasteiger charge is -2.31. The molecule has 0 radical (unpaired) electrons. The molecule has 0 heterocycles. The second-order valence-corrected chi connectivity index (χ2v) is 9.52. The molecule has 6 heteroatoms. The van der Waals surface area contributed by atoms with Gasteiger partial charge in [-0.2, -0.15) is 0 Å². The summed E-state index contributed by atoms with van der Waals surface area (Å²) in [5.74, 6) is 0.944. The summed E-state index contributed by atoms with van der Waals surface area (Å²) >= 11 is 0. The Morgan fingerprint density at radius 1 is 0.938 bits per heavy atom. The first-order valence-electron chi connectivity index (χ1n) is 11.1. The van der Waals surface area contributed by atoms with E-state index >= 15 is 0 Å². The topological polar surface area (TPSA) is 76.7 Å². The van der Waals surface area contributed by atoms with Gasteiger partial charge in [0.15, 0.2) is 11.5 Å². The van der Waals surface area contributed by atoms with Crippen LogP contribution >= 0.6 is 0 Å². The molecule has 172 valence electrons. The molecule has 0 bridgehead atoms. The number of methoxy groups -OCH3 is 2. The normalized spacial score (nSPS) is 15.2. The van der Waals surface area contributed by atoms with E-state index in [1.165, 1.54) is 5.56 Å². The quantitative estimate of drug-likeness (QED) is 0.643. The van der Waals surface area contributed by atoms with E-state index in [1.54, 1.807) is 32.4 Å². The molecule has 1 aliphatic rings. The number of carbonyl (C=O) groups excluding carboxylic acids is 2. The molecule has 1 aliphatic carbocycles. The second-order valence-electron chi connectivity index (χ2n) is 9.52. The summed E-state index contributed by atoms with van der Waals surface area (Å²) in [6.07, 6.45) is 4.41. The maximum absolute atomic E-state index is 12.7. The van der Waals surface area contributed by atoms with Crippen LogP contribution in [-0.2, 0) is 10.2 Å². The van der Waals surface area contributed by atoms with E-state index in [-0.39, 0.29) is 17.2 Å². The highest BCUT2D eigenvalue weighted by Crippen LogP contribution is 2.41. The molecule has 0 spiro atoms. The number of hydrogen-bond donors (Lipinski definition) is 2. The van der Waals surface area contributed by atoms with Gasteiger partial charge < -0.3 is 20.1 Å². The monoisotopic (exact) mass is 438 g/mol. The third-order valence-electron chi connectivity index (χ3n) is 6.23. The van der Waals surface area contributed by atoms with E-state index in [1.807, 2.05) is 32.9 Å². The van der Waals surface area contributed by atoms with Gasteiger partial charge in [0.1, 0.15) is 0 Å². The van der Waals surface area contributed by atoms with Crippen molar-refractivity contribution in [3.8, 4) is 11.5 Å². The SMILES string of the molecule is COc1ccc(C(=O)Nc2ccc(C3(CNC(=O)C(C)(C)C)CCCC3)cc2)cc1OC. The van der Waals surface area contributed by atoms with Gasteiger partial charge in [0, 0.05) is 28.6 Å². The molecule has 32 heavy (non-hydrogen) atoms. The average Bonchev–Trinajstić information content (AvgIpc) is 3.26. The molecular weight excluding hydrogens is 404 g/mol. The van der Waals surface area contributed by atoms with Crippen molar-refractivity contribution in [2.24, 2.45) is 5.41 Å². The Morgan fingerprint density at radius 3 is 2.12 bits per heavy atom. The number of amides is 2. The van der Waals surface area contributed by atoms with Gasteiger partial charge in [0.25, 0.3) is 5.91 Å². The van der Waals surface area contributed by atoms with Crippen LogP contribution in [0, 0.1) is 5.41 Å². The Kier molecular flexibility index (Phi) is 7.12. The lowest BCUT2D eigenvalue weighted by molar-refractivity contribution is -0.128. The number of hydrogen-bond acceptors (Lipinski definition) is 4. The van der Waals surface area contributed by atoms with Crippen molar-refractivity contribution in [2.45, 2.75) is 51.9 Å². The summed E-state index contributed by atoms with van der Waals surface area (Å²) in [7, 11) is 3.10. The predicted molar refractivity (Wildman–Crippen MR) is 127 cm³/mol. The zero-order chi connectivity index (χ0) is 23.4. The van der Waals surface area contributed by atoms with Gasteiger partial charge in [-0.1, -0.05) is 45.7 Å². The Morgan fingerprint density at radius 2 is 1.56 bits per heavy atom. The molecule has 0 saturated heterocycles. The summed E-state index contributed by atoms with van der Waals surface area (Å²) in [6.45, 7) is 6.43. The molecule has 2 N–H and O–H groups in total. The first kappa shape index (κ1) is 23.6. The van der Waals surface area contributed by atoms with Crippen LogP contribution in [0.5, 0.6) is 11.5 Å². The van der Waals surface area contributed by atoms with Crippen molar-refractivity contribution in [3.63, 3.8) is 0 Å². The van der Waals surface area contributed by atoms with Gasteiger partial charge in [-0.3, -0.25) is 9.59 Å². The second kappa shape index (κ2) is 9.63. The van der Waals surface area contributed by atoms with Crippen molar-refractivity contribution >= 4 is 17.5 Å². The highest BCUT2D eigenvalue weighted by atomic mass is 16.5. The lowest BCUT2D eigenvalue weighted by Crippen LogP contribution is -2.43. The van der Waals surface area contributed by atoms with Crippen LogP contribution in [0.25, 0.3) is 0 Å². The van der Waals surface area contributed by atoms with Gasteiger partial charge >= 0.3 is 0 Å². The molecular formula is C26H34N2O4. The standard InChI is InChI=1S/C26H34N2O4/c1-25(2,3)24(30)27-17-26(14-6-7-15-26)19-9-11-20(12-10-19)28-23(29)18-8-13-21(31-4)22(16-18)32-5/h8-13,16H,6-7,14-15,17H2,1-5H3,(H,27,30)(H,28,29). The Labute approximate surface area is 190 Å². The maximum Gasteiger partial charge on any atom is 0.255 e. The van der Waals surface area contributed by atoms with Crippen LogP contribution in [0.4, 0.5) is 5.69 Å². The van der Waals surface area contributed by atoms with Crippen LogP contribution < -0.4 is 20.1 Å². The molecule has 0 atom stereocenters. The Balaban J connectivity index is 1.72. The molecule has 0 unspecified atom stereocenters. The Bertz CT molecular complexity index is 955. The van der Waals surface area contributed by atoms with E-state index in [2.05, 4.69) is 22.8 Å². The minimum Gasteiger partial charge on any atom is -0.493 e. The van der Waals surface area contributed by atoms with E-state index < -0.39 is 5.41 Å². The lowest BCUT2D eigenvalue weighted by atomic mass is 9.78. The van der Waals surface area contributed by atoms with Crippen LogP contribution in [0.15, 0.2) is 42.5 Å². The molecule has 3 rings (SSSR count). The third kappa shape index (κ3) is 5.23. The largest absolute Gasteiger partial charge is 0.493 e. The molecule has 0 aliphatic heterocycles. The fourth-order valence-electron chi connectivity index (χ4n) is 4.22. The molecule has 1 saturated carbocycles. The zero-order valence-corrected chi connectivity index (χ0v) is 19.7. The van der Waals surface area contributed by atoms with Gasteiger partial charge in [-0.25, -0.2) is 0 Å². The Hall–Kier alpha value is -3.02. The fraction of sp³-hybridized carbons (Fsp3) is 0.462. The van der Waals surface area contributed by atoms with Crippen molar-refractivity contribution in [1.29, 1.82) is 0 Å². The van der Waals surface area contributed by atoms with Gasteiger partial charge in [0.2, 0.25) is 5.91 Å². The minimum absolute atomic E-state index is 0.0488. The fourth-order valence-corrected chi connectivity index (χ4v) is 4.22. The number of anilines is 1. The molecule has 1 fully saturated rings. The number of rotatable bonds is 7. The number of nitrogens with one attached hydrogen (secondary N) is 2. The number of ether oxygens (including phenoxy) is 2. The van der Waals surface area contributed by atoms with E-state index in [0.717, 1.165) is 31.4 Å². The summed E-state index contributed by atoms with van der Waals surface area (Å²) in [5.41, 5.74) is 1.96. The van der Waals surface area contributed by atoms with Gasteiger partial charge in [-0.15, -0.1) is 0 Å². The van der Waals surface area contributed by atoms with Crippen molar-refractivity contribution in [3.05, 3.63) is 53.6 Å². The van der Waals surface area contributed by atoms with Crippen molar-refractivity contribution < 1.29 is 19.1 Å². The zero-order valence-electron chi connectivity index (χ0n) is 19.7. The highest BCUT2D eigenvalue weighted by molar-refractivity contribution is 6.04. The molecule has 2 amide bonds. The number of carbonyl (C=O) groups is 2. The first-order valence-corrected chi connectivity index (χ1v) is 11.1. The van der Waals surface area contributed by atoms with Gasteiger partial charge in [0.05, 0.1) is 14.2 Å². The molecule has 2 aromatic rings. The van der Waals surface area contributed by atoms with E-state index in [0.29, 0.717) is 23.6 Å². The number of benzene rings is 2. The average molecular weight is 439 g/mol. The summed E-state index contributed by atoms with van der Waals surface area (Å²) in [6, 6.07) is 13.1. The van der Waals surface area contributed by atoms with Crippen LogP contribution in [0.1, 0.15) is 62.4 Å². The molecule has 6 nitrogen and oxygen atoms in total. The highest BCUT2D eigenvalue weighted by Gasteiger charge is 2.36. The summed E-state index contributed by atoms with van der Waals surface area (Å²) in [5, 5.41) is 6.10. The maximum atomic E-state index is 12.7. The minimum atomic E-state index is -0.405. The summed E-state index contributed by atoms with van der Waals surface area (Å²) < 4.78 is 10.5.